The van der Waals surface area contributed by atoms with Crippen LogP contribution in [0.4, 0.5) is 0 Å². The van der Waals surface area contributed by atoms with Gasteiger partial charge in [0.25, 0.3) is 0 Å². The average Bonchev–Trinajstić information content (AvgIpc) is 1.75. The lowest BCUT2D eigenvalue weighted by Crippen LogP contribution is -2.72. The van der Waals surface area contributed by atoms with E-state index in [1.54, 1.807) is 0 Å². The van der Waals surface area contributed by atoms with Crippen LogP contribution >= 0.6 is 0 Å². The fourth-order valence-corrected chi connectivity index (χ4v) is 2.53. The van der Waals surface area contributed by atoms with Crippen molar-refractivity contribution in [2.24, 2.45) is 11.3 Å². The Hall–Kier alpha value is -0.570. The zero-order chi connectivity index (χ0) is 8.89. The highest BCUT2D eigenvalue weighted by atomic mass is 16.2. The monoisotopic (exact) mass is 180 g/mol. The van der Waals surface area contributed by atoms with Crippen LogP contribution in [0.1, 0.15) is 19.3 Å². The summed E-state index contributed by atoms with van der Waals surface area (Å²) in [5.41, 5.74) is 0.499. The highest BCUT2D eigenvalue weighted by Crippen LogP contribution is 2.37. The number of carbonyl (C=O) groups excluding carboxylic acids is 1. The maximum Gasteiger partial charge on any atom is 0.225 e. The second-order valence-corrected chi connectivity index (χ2v) is 4.93. The molecule has 1 amide bonds. The van der Waals surface area contributed by atoms with Gasteiger partial charge in [0.15, 0.2) is 0 Å². The van der Waals surface area contributed by atoms with E-state index >= 15 is 0 Å². The summed E-state index contributed by atoms with van der Waals surface area (Å²) < 4.78 is 0. The molecule has 0 radical (unpaired) electrons. The molecule has 3 aliphatic rings. The van der Waals surface area contributed by atoms with Gasteiger partial charge in [0.05, 0.1) is 0 Å². The van der Waals surface area contributed by atoms with Crippen molar-refractivity contribution in [3.63, 3.8) is 0 Å². The van der Waals surface area contributed by atoms with Gasteiger partial charge in [-0.25, -0.2) is 0 Å². The molecule has 72 valence electrons. The number of nitrogens with zero attached hydrogens (tertiary/aromatic N) is 1. The van der Waals surface area contributed by atoms with Gasteiger partial charge in [-0.15, -0.1) is 0 Å². The van der Waals surface area contributed by atoms with Gasteiger partial charge in [0.2, 0.25) is 5.91 Å². The van der Waals surface area contributed by atoms with Gasteiger partial charge in [-0.3, -0.25) is 4.79 Å². The van der Waals surface area contributed by atoms with Crippen LogP contribution in [0.5, 0.6) is 0 Å². The number of nitrogens with one attached hydrogen (secondary N) is 1. The first-order chi connectivity index (χ1) is 6.29. The average molecular weight is 180 g/mol. The molecule has 3 heteroatoms. The van der Waals surface area contributed by atoms with Crippen LogP contribution < -0.4 is 5.32 Å². The quantitative estimate of drug-likeness (QED) is 0.626. The zero-order valence-electron chi connectivity index (χ0n) is 7.88. The van der Waals surface area contributed by atoms with E-state index in [9.17, 15) is 4.79 Å². The number of likely N-dealkylation sites (tertiary alicyclic amines) is 1. The van der Waals surface area contributed by atoms with Crippen LogP contribution in [0.3, 0.4) is 0 Å². The molecule has 13 heavy (non-hydrogen) atoms. The summed E-state index contributed by atoms with van der Waals surface area (Å²) in [4.78, 5) is 13.8. The Bertz CT molecular complexity index is 235. The lowest BCUT2D eigenvalue weighted by Gasteiger charge is -2.57. The van der Waals surface area contributed by atoms with Gasteiger partial charge in [-0.1, -0.05) is 6.42 Å². The van der Waals surface area contributed by atoms with E-state index in [1.807, 2.05) is 0 Å². The maximum atomic E-state index is 11.7. The van der Waals surface area contributed by atoms with E-state index in [0.717, 1.165) is 39.0 Å². The zero-order valence-corrected chi connectivity index (χ0v) is 7.88. The van der Waals surface area contributed by atoms with Crippen molar-refractivity contribution in [1.29, 1.82) is 0 Å². The number of carbonyl (C=O) groups is 1. The van der Waals surface area contributed by atoms with Crippen LogP contribution in [-0.2, 0) is 4.79 Å². The minimum atomic E-state index is 0.394. The van der Waals surface area contributed by atoms with Gasteiger partial charge >= 0.3 is 0 Å². The Balaban J connectivity index is 1.54. The second-order valence-electron chi connectivity index (χ2n) is 4.93. The number of hydrogen-bond donors (Lipinski definition) is 1. The fraction of sp³-hybridized carbons (Fsp3) is 0.900. The molecular weight excluding hydrogens is 164 g/mol. The largest absolute Gasteiger partial charge is 0.341 e. The molecule has 0 aromatic rings. The van der Waals surface area contributed by atoms with E-state index < -0.39 is 0 Å². The predicted octanol–water partition coefficient (Wildman–Crippen LogP) is 0.218. The van der Waals surface area contributed by atoms with Crippen molar-refractivity contribution in [2.45, 2.75) is 19.3 Å². The SMILES string of the molecule is O=C(C1CCC1)N1CC2(CNC2)C1. The molecule has 2 aliphatic heterocycles. The second kappa shape index (κ2) is 2.47. The first kappa shape index (κ1) is 7.80. The molecule has 3 fully saturated rings. The van der Waals surface area contributed by atoms with E-state index in [0.29, 0.717) is 17.2 Å². The summed E-state index contributed by atoms with van der Waals surface area (Å²) in [7, 11) is 0. The third-order valence-electron chi connectivity index (χ3n) is 3.82. The van der Waals surface area contributed by atoms with Gasteiger partial charge in [-0.05, 0) is 12.8 Å². The van der Waals surface area contributed by atoms with Crippen LogP contribution in [-0.4, -0.2) is 37.0 Å². The fourth-order valence-electron chi connectivity index (χ4n) is 2.53. The Morgan fingerprint density at radius 2 is 2.00 bits per heavy atom. The van der Waals surface area contributed by atoms with E-state index in [1.165, 1.54) is 6.42 Å². The Morgan fingerprint density at radius 1 is 1.31 bits per heavy atom. The first-order valence-corrected chi connectivity index (χ1v) is 5.29. The van der Waals surface area contributed by atoms with E-state index in [2.05, 4.69) is 10.2 Å². The van der Waals surface area contributed by atoms with Crippen molar-refractivity contribution >= 4 is 5.91 Å². The number of hydrogen-bond acceptors (Lipinski definition) is 2. The lowest BCUT2D eigenvalue weighted by atomic mass is 9.73. The molecule has 1 aliphatic carbocycles. The smallest absolute Gasteiger partial charge is 0.225 e. The van der Waals surface area contributed by atoms with Gasteiger partial charge < -0.3 is 10.2 Å². The summed E-state index contributed by atoms with van der Waals surface area (Å²) in [6.07, 6.45) is 3.54. The topological polar surface area (TPSA) is 32.3 Å². The summed E-state index contributed by atoms with van der Waals surface area (Å²) in [5.74, 6) is 0.828. The van der Waals surface area contributed by atoms with E-state index in [-0.39, 0.29) is 0 Å². The Kier molecular flexibility index (Phi) is 1.48. The van der Waals surface area contributed by atoms with Crippen molar-refractivity contribution in [3.8, 4) is 0 Å². The summed E-state index contributed by atoms with van der Waals surface area (Å²) in [6.45, 7) is 4.30. The molecule has 2 heterocycles. The highest BCUT2D eigenvalue weighted by molar-refractivity contribution is 5.80. The van der Waals surface area contributed by atoms with Crippen molar-refractivity contribution in [2.75, 3.05) is 26.2 Å². The van der Waals surface area contributed by atoms with Crippen LogP contribution in [0, 0.1) is 11.3 Å². The molecule has 1 N–H and O–H groups in total. The normalized spacial score (nSPS) is 30.6. The van der Waals surface area contributed by atoms with Gasteiger partial charge in [-0.2, -0.15) is 0 Å². The van der Waals surface area contributed by atoms with Crippen LogP contribution in [0.25, 0.3) is 0 Å². The molecule has 2 saturated heterocycles. The van der Waals surface area contributed by atoms with E-state index in [4.69, 9.17) is 0 Å². The van der Waals surface area contributed by atoms with Crippen molar-refractivity contribution in [1.82, 2.24) is 10.2 Å². The molecule has 0 atom stereocenters. The van der Waals surface area contributed by atoms with Crippen LogP contribution in [0.2, 0.25) is 0 Å². The predicted molar refractivity (Wildman–Crippen MR) is 49.2 cm³/mol. The summed E-state index contributed by atoms with van der Waals surface area (Å²) in [6, 6.07) is 0. The molecule has 1 saturated carbocycles. The molecule has 3 nitrogen and oxygen atoms in total. The first-order valence-electron chi connectivity index (χ1n) is 5.29. The molecular formula is C10H16N2O. The van der Waals surface area contributed by atoms with Crippen molar-refractivity contribution < 1.29 is 4.79 Å². The summed E-state index contributed by atoms with van der Waals surface area (Å²) in [5, 5.41) is 3.28. The van der Waals surface area contributed by atoms with Gasteiger partial charge in [0, 0.05) is 37.5 Å². The molecule has 3 rings (SSSR count). The Labute approximate surface area is 78.5 Å². The minimum absolute atomic E-state index is 0.394. The summed E-state index contributed by atoms with van der Waals surface area (Å²) >= 11 is 0. The van der Waals surface area contributed by atoms with Crippen LogP contribution in [0.15, 0.2) is 0 Å². The number of amides is 1. The Morgan fingerprint density at radius 3 is 2.38 bits per heavy atom. The molecule has 1 spiro atoms. The van der Waals surface area contributed by atoms with Gasteiger partial charge in [0.1, 0.15) is 0 Å². The molecule has 0 unspecified atom stereocenters. The minimum Gasteiger partial charge on any atom is -0.341 e. The highest BCUT2D eigenvalue weighted by Gasteiger charge is 2.50. The molecule has 0 bridgehead atoms. The third kappa shape index (κ3) is 1.03. The molecule has 0 aromatic heterocycles. The standard InChI is InChI=1S/C10H16N2O/c13-9(8-2-1-3-8)12-6-10(7-12)4-11-5-10/h8,11H,1-7H2. The third-order valence-corrected chi connectivity index (χ3v) is 3.82. The maximum absolute atomic E-state index is 11.7. The van der Waals surface area contributed by atoms with Crippen molar-refractivity contribution in [3.05, 3.63) is 0 Å². The molecule has 0 aromatic carbocycles. The number of rotatable bonds is 1. The lowest BCUT2D eigenvalue weighted by molar-refractivity contribution is -0.154.